The van der Waals surface area contributed by atoms with Gasteiger partial charge in [-0.1, -0.05) is 12.1 Å². The van der Waals surface area contributed by atoms with Crippen LogP contribution in [0.3, 0.4) is 0 Å². The second-order valence-corrected chi connectivity index (χ2v) is 8.77. The summed E-state index contributed by atoms with van der Waals surface area (Å²) in [5, 5.41) is 5.82. The van der Waals surface area contributed by atoms with Gasteiger partial charge in [0, 0.05) is 30.4 Å². The fourth-order valence-electron chi connectivity index (χ4n) is 4.86. The number of nitrogens with two attached hydrogens (primary N) is 1. The first-order chi connectivity index (χ1) is 15.1. The smallest absolute Gasteiger partial charge is 0.249 e. The second kappa shape index (κ2) is 8.26. The van der Waals surface area contributed by atoms with Crippen molar-refractivity contribution in [2.75, 3.05) is 12.3 Å². The first kappa shape index (κ1) is 19.9. The van der Waals surface area contributed by atoms with E-state index in [0.29, 0.717) is 18.5 Å². The van der Waals surface area contributed by atoms with Crippen LogP contribution in [0.4, 0.5) is 5.95 Å². The summed E-state index contributed by atoms with van der Waals surface area (Å²) in [4.78, 5) is 27.5. The van der Waals surface area contributed by atoms with E-state index in [4.69, 9.17) is 10.6 Å². The average molecular weight is 421 g/mol. The molecule has 1 amide bonds. The minimum absolute atomic E-state index is 0.0276. The Balaban J connectivity index is 1.19. The van der Waals surface area contributed by atoms with Crippen LogP contribution in [0, 0.1) is 18.8 Å². The van der Waals surface area contributed by atoms with E-state index in [9.17, 15) is 4.79 Å². The van der Waals surface area contributed by atoms with E-state index in [1.54, 1.807) is 9.58 Å². The first-order valence-corrected chi connectivity index (χ1v) is 11.1. The van der Waals surface area contributed by atoms with Crippen LogP contribution >= 0.6 is 0 Å². The monoisotopic (exact) mass is 420 g/mol. The van der Waals surface area contributed by atoms with Gasteiger partial charge >= 0.3 is 0 Å². The Labute approximate surface area is 181 Å². The van der Waals surface area contributed by atoms with Gasteiger partial charge in [0.05, 0.1) is 12.6 Å². The molecule has 0 unspecified atom stereocenters. The Hall–Kier alpha value is -3.00. The van der Waals surface area contributed by atoms with Crippen molar-refractivity contribution in [3.63, 3.8) is 0 Å². The Morgan fingerprint density at radius 3 is 2.77 bits per heavy atom. The molecule has 5 rings (SSSR count). The van der Waals surface area contributed by atoms with Crippen molar-refractivity contribution in [1.82, 2.24) is 24.6 Å². The molecule has 1 aliphatic carbocycles. The van der Waals surface area contributed by atoms with Crippen molar-refractivity contribution in [3.8, 4) is 0 Å². The maximum atomic E-state index is 13.2. The minimum Gasteiger partial charge on any atom is -0.366 e. The van der Waals surface area contributed by atoms with Gasteiger partial charge in [-0.05, 0) is 68.2 Å². The molecule has 31 heavy (non-hydrogen) atoms. The highest BCUT2D eigenvalue weighted by Gasteiger charge is 2.37. The highest BCUT2D eigenvalue weighted by Crippen LogP contribution is 2.36. The van der Waals surface area contributed by atoms with Crippen LogP contribution in [-0.4, -0.2) is 37.2 Å². The molecule has 3 aromatic heterocycles. The van der Waals surface area contributed by atoms with E-state index < -0.39 is 0 Å². The minimum atomic E-state index is -0.0276. The van der Waals surface area contributed by atoms with Gasteiger partial charge in [0.15, 0.2) is 5.65 Å². The number of nitrogens with zero attached hydrogens (tertiary/aromatic N) is 5. The Kier molecular flexibility index (Phi) is 5.31. The predicted octanol–water partition coefficient (Wildman–Crippen LogP) is 3.27. The molecule has 8 heteroatoms. The summed E-state index contributed by atoms with van der Waals surface area (Å²) < 4.78 is 1.74. The summed E-state index contributed by atoms with van der Waals surface area (Å²) in [6.07, 6.45) is 9.56. The average Bonchev–Trinajstić information content (AvgIpc) is 3.40. The summed E-state index contributed by atoms with van der Waals surface area (Å²) in [6, 6.07) is 8.07. The molecule has 3 aromatic rings. The Morgan fingerprint density at radius 2 is 2.00 bits per heavy atom. The molecule has 162 valence electrons. The highest BCUT2D eigenvalue weighted by atomic mass is 16.7. The van der Waals surface area contributed by atoms with Crippen LogP contribution in [0.15, 0.2) is 36.7 Å². The van der Waals surface area contributed by atoms with E-state index in [1.165, 1.54) is 5.56 Å². The molecule has 0 bridgehead atoms. The molecule has 0 aromatic carbocycles. The number of carbonyl (C=O) groups excluding carboxylic acids is 1. The molecule has 0 radical (unpaired) electrons. The summed E-state index contributed by atoms with van der Waals surface area (Å²) in [7, 11) is 0. The standard InChI is InChI=1S/C23H28N6O2/c1-15-2-6-19(13-25-15)20-10-11-31-29(20)22(30)18-7-3-16(4-8-18)12-17-5-9-21-26-23(24)27-28(21)14-17/h2,5-6,9,13-14,16,18,20H,3-4,7-8,10-12H2,1H3,(H2,24,27)/t16?,18?,20-/m0/s1. The molecule has 1 atom stereocenters. The van der Waals surface area contributed by atoms with Gasteiger partial charge in [0.25, 0.3) is 0 Å². The maximum Gasteiger partial charge on any atom is 0.249 e. The van der Waals surface area contributed by atoms with Crippen molar-refractivity contribution >= 4 is 17.5 Å². The van der Waals surface area contributed by atoms with E-state index in [1.807, 2.05) is 31.5 Å². The molecule has 4 heterocycles. The van der Waals surface area contributed by atoms with Gasteiger partial charge in [-0.2, -0.15) is 4.98 Å². The summed E-state index contributed by atoms with van der Waals surface area (Å²) in [6.45, 7) is 2.55. The van der Waals surface area contributed by atoms with E-state index in [2.05, 4.69) is 27.2 Å². The maximum absolute atomic E-state index is 13.2. The lowest BCUT2D eigenvalue weighted by molar-refractivity contribution is -0.183. The van der Waals surface area contributed by atoms with E-state index in [0.717, 1.165) is 55.4 Å². The van der Waals surface area contributed by atoms with Crippen LogP contribution < -0.4 is 5.73 Å². The van der Waals surface area contributed by atoms with Gasteiger partial charge in [-0.3, -0.25) is 14.6 Å². The number of amides is 1. The number of hydroxylamine groups is 2. The molecule has 2 aliphatic rings. The number of aromatic nitrogens is 4. The third-order valence-corrected chi connectivity index (χ3v) is 6.57. The number of pyridine rings is 2. The topological polar surface area (TPSA) is 98.6 Å². The SMILES string of the molecule is Cc1ccc([C@@H]2CCON2C(=O)C2CCC(Cc3ccc4nc(N)nn4c3)CC2)cn1. The van der Waals surface area contributed by atoms with Gasteiger partial charge in [-0.15, -0.1) is 5.10 Å². The van der Waals surface area contributed by atoms with Crippen molar-refractivity contribution in [3.05, 3.63) is 53.5 Å². The highest BCUT2D eigenvalue weighted by molar-refractivity contribution is 5.78. The predicted molar refractivity (Wildman–Crippen MR) is 116 cm³/mol. The van der Waals surface area contributed by atoms with Crippen LogP contribution in [0.25, 0.3) is 5.65 Å². The van der Waals surface area contributed by atoms with Crippen molar-refractivity contribution in [1.29, 1.82) is 0 Å². The van der Waals surface area contributed by atoms with E-state index >= 15 is 0 Å². The van der Waals surface area contributed by atoms with Gasteiger partial charge in [0.2, 0.25) is 11.9 Å². The molecular formula is C23H28N6O2. The number of rotatable bonds is 4. The van der Waals surface area contributed by atoms with Gasteiger partial charge in [-0.25, -0.2) is 9.58 Å². The first-order valence-electron chi connectivity index (χ1n) is 11.1. The van der Waals surface area contributed by atoms with Crippen LogP contribution in [0.5, 0.6) is 0 Å². The fourth-order valence-corrected chi connectivity index (χ4v) is 4.86. The number of fused-ring (bicyclic) bond motifs is 1. The van der Waals surface area contributed by atoms with Gasteiger partial charge < -0.3 is 5.73 Å². The number of carbonyl (C=O) groups is 1. The second-order valence-electron chi connectivity index (χ2n) is 8.77. The van der Waals surface area contributed by atoms with Gasteiger partial charge in [0.1, 0.15) is 0 Å². The van der Waals surface area contributed by atoms with Crippen molar-refractivity contribution < 1.29 is 9.63 Å². The van der Waals surface area contributed by atoms with Crippen molar-refractivity contribution in [2.45, 2.75) is 51.5 Å². The molecule has 8 nitrogen and oxygen atoms in total. The molecule has 1 aliphatic heterocycles. The van der Waals surface area contributed by atoms with Crippen LogP contribution in [-0.2, 0) is 16.1 Å². The van der Waals surface area contributed by atoms with Crippen LogP contribution in [0.1, 0.15) is 55.0 Å². The quantitative estimate of drug-likeness (QED) is 0.696. The Bertz CT molecular complexity index is 1070. The zero-order chi connectivity index (χ0) is 21.4. The number of anilines is 1. The lowest BCUT2D eigenvalue weighted by Gasteiger charge is -2.32. The number of nitrogen functional groups attached to an aromatic ring is 1. The number of aryl methyl sites for hydroxylation is 1. The normalized spacial score (nSPS) is 24.0. The van der Waals surface area contributed by atoms with Crippen molar-refractivity contribution in [2.24, 2.45) is 11.8 Å². The van der Waals surface area contributed by atoms with Crippen LogP contribution in [0.2, 0.25) is 0 Å². The summed E-state index contributed by atoms with van der Waals surface area (Å²) >= 11 is 0. The summed E-state index contributed by atoms with van der Waals surface area (Å²) in [5.41, 5.74) is 9.70. The molecule has 2 N–H and O–H groups in total. The lowest BCUT2D eigenvalue weighted by atomic mass is 9.79. The number of hydrogen-bond donors (Lipinski definition) is 1. The molecule has 2 fully saturated rings. The lowest BCUT2D eigenvalue weighted by Crippen LogP contribution is -2.36. The zero-order valence-electron chi connectivity index (χ0n) is 17.8. The van der Waals surface area contributed by atoms with E-state index in [-0.39, 0.29) is 17.9 Å². The Morgan fingerprint density at radius 1 is 1.16 bits per heavy atom. The molecule has 1 saturated carbocycles. The third kappa shape index (κ3) is 4.12. The molecule has 1 saturated heterocycles. The summed E-state index contributed by atoms with van der Waals surface area (Å²) in [5.74, 6) is 1.02. The molecule has 0 spiro atoms. The zero-order valence-corrected chi connectivity index (χ0v) is 17.8. The molecular weight excluding hydrogens is 392 g/mol. The largest absolute Gasteiger partial charge is 0.366 e. The number of hydrogen-bond acceptors (Lipinski definition) is 6. The third-order valence-electron chi connectivity index (χ3n) is 6.57. The fraction of sp³-hybridized carbons (Fsp3) is 0.478.